The van der Waals surface area contributed by atoms with Crippen LogP contribution >= 0.6 is 0 Å². The van der Waals surface area contributed by atoms with Crippen molar-refractivity contribution in [3.8, 4) is 0 Å². The Hall–Kier alpha value is -1.18. The van der Waals surface area contributed by atoms with Crippen molar-refractivity contribution in [2.45, 2.75) is 13.8 Å². The number of hydrogen-bond donors (Lipinski definition) is 5. The van der Waals surface area contributed by atoms with Crippen molar-refractivity contribution in [3.05, 3.63) is 0 Å². The molecular weight excluding hydrogens is 246 g/mol. The molecule has 0 unspecified atom stereocenters. The van der Waals surface area contributed by atoms with E-state index in [0.717, 1.165) is 39.3 Å². The van der Waals surface area contributed by atoms with Gasteiger partial charge in [-0.1, -0.05) is 0 Å². The van der Waals surface area contributed by atoms with E-state index in [-0.39, 0.29) is 11.8 Å². The second kappa shape index (κ2) is 13.3. The maximum Gasteiger partial charge on any atom is 0.216 e. The van der Waals surface area contributed by atoms with E-state index in [1.807, 2.05) is 0 Å². The number of rotatable bonds is 12. The van der Waals surface area contributed by atoms with Gasteiger partial charge in [0.25, 0.3) is 0 Å². The number of nitrogens with one attached hydrogen (secondary N) is 5. The van der Waals surface area contributed by atoms with E-state index >= 15 is 0 Å². The molecular formula is C12H27N5O2. The summed E-state index contributed by atoms with van der Waals surface area (Å²) in [4.78, 5) is 21.2. The average Bonchev–Trinajstić information content (AvgIpc) is 2.34. The summed E-state index contributed by atoms with van der Waals surface area (Å²) in [5.41, 5.74) is 0. The molecule has 0 saturated heterocycles. The molecule has 0 aliphatic rings. The highest BCUT2D eigenvalue weighted by Gasteiger charge is 1.92. The molecule has 0 aliphatic heterocycles. The molecule has 0 aromatic heterocycles. The lowest BCUT2D eigenvalue weighted by Crippen LogP contribution is -2.37. The van der Waals surface area contributed by atoms with Crippen molar-refractivity contribution >= 4 is 11.8 Å². The zero-order chi connectivity index (χ0) is 14.3. The highest BCUT2D eigenvalue weighted by molar-refractivity contribution is 5.73. The van der Waals surface area contributed by atoms with Crippen molar-refractivity contribution in [3.63, 3.8) is 0 Å². The minimum absolute atomic E-state index is 0.00487. The number of carbonyl (C=O) groups is 2. The van der Waals surface area contributed by atoms with E-state index < -0.39 is 0 Å². The van der Waals surface area contributed by atoms with Crippen LogP contribution in [0, 0.1) is 0 Å². The van der Waals surface area contributed by atoms with Gasteiger partial charge in [-0.3, -0.25) is 9.59 Å². The van der Waals surface area contributed by atoms with Crippen LogP contribution in [0.2, 0.25) is 0 Å². The topological polar surface area (TPSA) is 94.3 Å². The Kier molecular flexibility index (Phi) is 12.4. The third kappa shape index (κ3) is 16.8. The molecule has 0 aromatic carbocycles. The molecule has 0 heterocycles. The number of hydrogen-bond acceptors (Lipinski definition) is 5. The molecule has 19 heavy (non-hydrogen) atoms. The Bertz CT molecular complexity index is 224. The van der Waals surface area contributed by atoms with Crippen LogP contribution in [0.4, 0.5) is 0 Å². The summed E-state index contributed by atoms with van der Waals surface area (Å²) < 4.78 is 0. The molecule has 7 heteroatoms. The van der Waals surface area contributed by atoms with Gasteiger partial charge in [0.1, 0.15) is 0 Å². The molecule has 0 saturated carbocycles. The average molecular weight is 273 g/mol. The molecule has 0 aliphatic carbocycles. The molecule has 7 nitrogen and oxygen atoms in total. The number of amides is 2. The van der Waals surface area contributed by atoms with Gasteiger partial charge in [-0.15, -0.1) is 0 Å². The molecule has 0 spiro atoms. The van der Waals surface area contributed by atoms with E-state index in [2.05, 4.69) is 26.6 Å². The van der Waals surface area contributed by atoms with Crippen LogP contribution in [0.3, 0.4) is 0 Å². The molecule has 0 aromatic rings. The lowest BCUT2D eigenvalue weighted by Gasteiger charge is -2.08. The third-order valence-corrected chi connectivity index (χ3v) is 2.31. The summed E-state index contributed by atoms with van der Waals surface area (Å²) >= 11 is 0. The second-order valence-corrected chi connectivity index (χ2v) is 4.22. The van der Waals surface area contributed by atoms with Crippen molar-refractivity contribution in [2.24, 2.45) is 0 Å². The van der Waals surface area contributed by atoms with E-state index in [0.29, 0.717) is 13.1 Å². The molecule has 0 bridgehead atoms. The van der Waals surface area contributed by atoms with E-state index in [9.17, 15) is 9.59 Å². The fourth-order valence-electron chi connectivity index (χ4n) is 1.38. The van der Waals surface area contributed by atoms with Gasteiger partial charge in [-0.05, 0) is 0 Å². The number of carbonyl (C=O) groups excluding carboxylic acids is 2. The van der Waals surface area contributed by atoms with Gasteiger partial charge in [-0.2, -0.15) is 0 Å². The SMILES string of the molecule is CC(=O)NCCNCCNCCNCCNC(C)=O. The Labute approximate surface area is 115 Å². The molecule has 5 N–H and O–H groups in total. The Morgan fingerprint density at radius 3 is 1.11 bits per heavy atom. The van der Waals surface area contributed by atoms with Crippen LogP contribution in [0.1, 0.15) is 13.8 Å². The summed E-state index contributed by atoms with van der Waals surface area (Å²) in [7, 11) is 0. The fraction of sp³-hybridized carbons (Fsp3) is 0.833. The van der Waals surface area contributed by atoms with Gasteiger partial charge >= 0.3 is 0 Å². The fourth-order valence-corrected chi connectivity index (χ4v) is 1.38. The van der Waals surface area contributed by atoms with Crippen LogP contribution < -0.4 is 26.6 Å². The summed E-state index contributed by atoms with van der Waals surface area (Å²) in [6.45, 7) is 9.49. The minimum atomic E-state index is 0.00487. The van der Waals surface area contributed by atoms with Crippen molar-refractivity contribution in [2.75, 3.05) is 52.4 Å². The summed E-state index contributed by atoms with van der Waals surface area (Å²) in [5, 5.41) is 15.2. The highest BCUT2D eigenvalue weighted by Crippen LogP contribution is 1.65. The predicted octanol–water partition coefficient (Wildman–Crippen LogP) is -1.97. The first-order valence-electron chi connectivity index (χ1n) is 6.74. The molecule has 0 atom stereocenters. The van der Waals surface area contributed by atoms with Gasteiger partial charge in [0.2, 0.25) is 11.8 Å². The Morgan fingerprint density at radius 2 is 0.842 bits per heavy atom. The van der Waals surface area contributed by atoms with Gasteiger partial charge in [0.15, 0.2) is 0 Å². The van der Waals surface area contributed by atoms with Crippen LogP contribution in [-0.2, 0) is 9.59 Å². The Morgan fingerprint density at radius 1 is 0.579 bits per heavy atom. The highest BCUT2D eigenvalue weighted by atomic mass is 16.2. The van der Waals surface area contributed by atoms with Crippen molar-refractivity contribution in [1.29, 1.82) is 0 Å². The van der Waals surface area contributed by atoms with Gasteiger partial charge < -0.3 is 26.6 Å². The summed E-state index contributed by atoms with van der Waals surface area (Å²) in [6, 6.07) is 0. The van der Waals surface area contributed by atoms with E-state index in [1.165, 1.54) is 13.8 Å². The zero-order valence-corrected chi connectivity index (χ0v) is 12.0. The van der Waals surface area contributed by atoms with Crippen LogP contribution in [0.25, 0.3) is 0 Å². The minimum Gasteiger partial charge on any atom is -0.355 e. The van der Waals surface area contributed by atoms with E-state index in [1.54, 1.807) is 0 Å². The molecule has 112 valence electrons. The van der Waals surface area contributed by atoms with E-state index in [4.69, 9.17) is 0 Å². The zero-order valence-electron chi connectivity index (χ0n) is 12.0. The van der Waals surface area contributed by atoms with Crippen molar-refractivity contribution < 1.29 is 9.59 Å². The van der Waals surface area contributed by atoms with Gasteiger partial charge in [-0.25, -0.2) is 0 Å². The lowest BCUT2D eigenvalue weighted by molar-refractivity contribution is -0.119. The second-order valence-electron chi connectivity index (χ2n) is 4.22. The summed E-state index contributed by atoms with van der Waals surface area (Å²) in [5.74, 6) is 0.00974. The lowest BCUT2D eigenvalue weighted by atomic mass is 10.5. The predicted molar refractivity (Wildman–Crippen MR) is 76.0 cm³/mol. The van der Waals surface area contributed by atoms with Crippen LogP contribution in [0.5, 0.6) is 0 Å². The molecule has 0 fully saturated rings. The smallest absolute Gasteiger partial charge is 0.216 e. The standard InChI is InChI=1S/C12H27N5O2/c1-11(18)16-9-7-14-5-3-13-4-6-15-8-10-17-12(2)19/h13-15H,3-10H2,1-2H3,(H,16,18)(H,17,19). The first-order chi connectivity index (χ1) is 9.13. The normalized spacial score (nSPS) is 10.2. The summed E-state index contributed by atoms with van der Waals surface area (Å²) in [6.07, 6.45) is 0. The first kappa shape index (κ1) is 17.8. The third-order valence-electron chi connectivity index (χ3n) is 2.31. The first-order valence-corrected chi connectivity index (χ1v) is 6.74. The van der Waals surface area contributed by atoms with Crippen molar-refractivity contribution in [1.82, 2.24) is 26.6 Å². The van der Waals surface area contributed by atoms with Crippen LogP contribution in [-0.4, -0.2) is 64.2 Å². The Balaban J connectivity index is 2.99. The van der Waals surface area contributed by atoms with Gasteiger partial charge in [0.05, 0.1) is 0 Å². The van der Waals surface area contributed by atoms with Gasteiger partial charge in [0, 0.05) is 66.2 Å². The molecule has 0 radical (unpaired) electrons. The molecule has 0 rings (SSSR count). The maximum absolute atomic E-state index is 10.6. The maximum atomic E-state index is 10.6. The largest absolute Gasteiger partial charge is 0.355 e. The molecule has 2 amide bonds. The quantitative estimate of drug-likeness (QED) is 0.266. The van der Waals surface area contributed by atoms with Crippen LogP contribution in [0.15, 0.2) is 0 Å². The monoisotopic (exact) mass is 273 g/mol.